The lowest BCUT2D eigenvalue weighted by Gasteiger charge is -2.21. The summed E-state index contributed by atoms with van der Waals surface area (Å²) in [5.74, 6) is -0.0335. The fourth-order valence-corrected chi connectivity index (χ4v) is 1.77. The van der Waals surface area contributed by atoms with Crippen molar-refractivity contribution in [2.45, 2.75) is 25.9 Å². The number of nitrogens with one attached hydrogen (secondary N) is 1. The van der Waals surface area contributed by atoms with Gasteiger partial charge >= 0.3 is 0 Å². The van der Waals surface area contributed by atoms with Crippen molar-refractivity contribution in [3.8, 4) is 0 Å². The average molecular weight is 333 g/mol. The number of hydrogen-bond acceptors (Lipinski definition) is 2. The number of rotatable bonds is 4. The Hall–Kier alpha value is -0.620. The topological polar surface area (TPSA) is 38.3 Å². The highest BCUT2D eigenvalue weighted by Crippen LogP contribution is 2.16. The number of halogens is 1. The molecule has 0 atom stereocenters. The van der Waals surface area contributed by atoms with Crippen molar-refractivity contribution >= 4 is 34.2 Å². The zero-order valence-electron chi connectivity index (χ0n) is 9.71. The van der Waals surface area contributed by atoms with Gasteiger partial charge in [0.05, 0.1) is 12.0 Å². The summed E-state index contributed by atoms with van der Waals surface area (Å²) >= 11 is 2.21. The van der Waals surface area contributed by atoms with E-state index in [1.54, 1.807) is 7.11 Å². The molecule has 0 unspecified atom stereocenters. The van der Waals surface area contributed by atoms with Gasteiger partial charge in [-0.1, -0.05) is 6.07 Å². The van der Waals surface area contributed by atoms with Crippen LogP contribution in [-0.2, 0) is 9.53 Å². The van der Waals surface area contributed by atoms with Crippen molar-refractivity contribution < 1.29 is 9.53 Å². The van der Waals surface area contributed by atoms with Crippen LogP contribution in [0.15, 0.2) is 24.3 Å². The molecule has 4 heteroatoms. The van der Waals surface area contributed by atoms with Crippen LogP contribution < -0.4 is 5.32 Å². The quantitative estimate of drug-likeness (QED) is 0.860. The van der Waals surface area contributed by atoms with Gasteiger partial charge in [-0.25, -0.2) is 0 Å². The Kier molecular flexibility index (Phi) is 4.73. The Morgan fingerprint density at radius 1 is 1.50 bits per heavy atom. The number of benzene rings is 1. The molecule has 0 heterocycles. The van der Waals surface area contributed by atoms with Gasteiger partial charge in [0, 0.05) is 16.4 Å². The molecule has 1 amide bonds. The van der Waals surface area contributed by atoms with Gasteiger partial charge in [0.1, 0.15) is 0 Å². The number of hydrogen-bond donors (Lipinski definition) is 1. The lowest BCUT2D eigenvalue weighted by atomic mass is 10.0. The molecule has 0 saturated carbocycles. The Bertz CT molecular complexity index is 377. The van der Waals surface area contributed by atoms with E-state index in [2.05, 4.69) is 27.9 Å². The first kappa shape index (κ1) is 13.4. The zero-order chi connectivity index (χ0) is 12.2. The highest BCUT2D eigenvalue weighted by Gasteiger charge is 2.20. The summed E-state index contributed by atoms with van der Waals surface area (Å²) in [7, 11) is 1.61. The minimum atomic E-state index is -0.425. The lowest BCUT2D eigenvalue weighted by Crippen LogP contribution is -2.29. The lowest BCUT2D eigenvalue weighted by molar-refractivity contribution is -0.121. The van der Waals surface area contributed by atoms with E-state index in [9.17, 15) is 4.79 Å². The maximum absolute atomic E-state index is 11.7. The number of carbonyl (C=O) groups is 1. The summed E-state index contributed by atoms with van der Waals surface area (Å²) in [6.07, 6.45) is 0.342. The number of carbonyl (C=O) groups excluding carboxylic acids is 1. The standard InChI is InChI=1S/C12H16INO2/c1-12(2,16-3)8-11(15)14-10-6-4-5-9(13)7-10/h4-7H,8H2,1-3H3,(H,14,15). The van der Waals surface area contributed by atoms with E-state index in [1.807, 2.05) is 38.1 Å². The third-order valence-electron chi connectivity index (χ3n) is 2.25. The molecule has 0 spiro atoms. The highest BCUT2D eigenvalue weighted by molar-refractivity contribution is 14.1. The Morgan fingerprint density at radius 3 is 2.75 bits per heavy atom. The smallest absolute Gasteiger partial charge is 0.227 e. The first-order chi connectivity index (χ1) is 7.43. The first-order valence-electron chi connectivity index (χ1n) is 5.03. The van der Waals surface area contributed by atoms with Crippen molar-refractivity contribution in [3.63, 3.8) is 0 Å². The predicted molar refractivity (Wildman–Crippen MR) is 73.5 cm³/mol. The van der Waals surface area contributed by atoms with E-state index < -0.39 is 5.60 Å². The van der Waals surface area contributed by atoms with E-state index in [-0.39, 0.29) is 5.91 Å². The van der Waals surface area contributed by atoms with Gasteiger partial charge in [-0.2, -0.15) is 0 Å². The number of anilines is 1. The summed E-state index contributed by atoms with van der Waals surface area (Å²) in [6, 6.07) is 7.70. The second-order valence-corrected chi connectivity index (χ2v) is 5.44. The van der Waals surface area contributed by atoms with Gasteiger partial charge in [-0.05, 0) is 54.6 Å². The average Bonchev–Trinajstić information content (AvgIpc) is 2.16. The molecule has 0 radical (unpaired) electrons. The largest absolute Gasteiger partial charge is 0.378 e. The molecule has 1 aromatic carbocycles. The summed E-state index contributed by atoms with van der Waals surface area (Å²) in [5, 5.41) is 2.85. The Morgan fingerprint density at radius 2 is 2.19 bits per heavy atom. The highest BCUT2D eigenvalue weighted by atomic mass is 127. The normalized spacial score (nSPS) is 11.2. The van der Waals surface area contributed by atoms with Crippen molar-refractivity contribution in [2.24, 2.45) is 0 Å². The van der Waals surface area contributed by atoms with E-state index >= 15 is 0 Å². The fraction of sp³-hybridized carbons (Fsp3) is 0.417. The van der Waals surface area contributed by atoms with Gasteiger partial charge < -0.3 is 10.1 Å². The number of ether oxygens (including phenoxy) is 1. The summed E-state index contributed by atoms with van der Waals surface area (Å²) < 4.78 is 6.31. The molecule has 0 aromatic heterocycles. The third-order valence-corrected chi connectivity index (χ3v) is 2.92. The third kappa shape index (κ3) is 4.49. The van der Waals surface area contributed by atoms with Gasteiger partial charge in [0.2, 0.25) is 5.91 Å². The van der Waals surface area contributed by atoms with Crippen LogP contribution in [0.3, 0.4) is 0 Å². The van der Waals surface area contributed by atoms with E-state index in [0.29, 0.717) is 6.42 Å². The van der Waals surface area contributed by atoms with Crippen LogP contribution in [0.1, 0.15) is 20.3 Å². The van der Waals surface area contributed by atoms with Crippen LogP contribution in [-0.4, -0.2) is 18.6 Å². The van der Waals surface area contributed by atoms with Crippen molar-refractivity contribution in [3.05, 3.63) is 27.8 Å². The molecule has 0 aliphatic rings. The monoisotopic (exact) mass is 333 g/mol. The molecule has 1 aromatic rings. The Labute approximate surface area is 110 Å². The minimum Gasteiger partial charge on any atom is -0.378 e. The molecule has 0 saturated heterocycles. The molecule has 0 fully saturated rings. The summed E-state index contributed by atoms with van der Waals surface area (Å²) in [5.41, 5.74) is 0.398. The second kappa shape index (κ2) is 5.63. The van der Waals surface area contributed by atoms with Gasteiger partial charge in [-0.3, -0.25) is 4.79 Å². The SMILES string of the molecule is COC(C)(C)CC(=O)Nc1cccc(I)c1. The van der Waals surface area contributed by atoms with Gasteiger partial charge in [-0.15, -0.1) is 0 Å². The summed E-state index contributed by atoms with van der Waals surface area (Å²) in [6.45, 7) is 3.78. The Balaban J connectivity index is 2.59. The van der Waals surface area contributed by atoms with Crippen LogP contribution >= 0.6 is 22.6 Å². The van der Waals surface area contributed by atoms with Crippen LogP contribution in [0, 0.1) is 3.57 Å². The van der Waals surface area contributed by atoms with Gasteiger partial charge in [0.15, 0.2) is 0 Å². The maximum atomic E-state index is 11.7. The number of amides is 1. The molecule has 3 nitrogen and oxygen atoms in total. The predicted octanol–water partition coefficient (Wildman–Crippen LogP) is 3.04. The van der Waals surface area contributed by atoms with E-state index in [1.165, 1.54) is 0 Å². The molecule has 1 N–H and O–H groups in total. The zero-order valence-corrected chi connectivity index (χ0v) is 11.9. The van der Waals surface area contributed by atoms with E-state index in [4.69, 9.17) is 4.74 Å². The van der Waals surface area contributed by atoms with Crippen molar-refractivity contribution in [2.75, 3.05) is 12.4 Å². The van der Waals surface area contributed by atoms with Crippen LogP contribution in [0.4, 0.5) is 5.69 Å². The molecule has 0 aliphatic heterocycles. The summed E-state index contributed by atoms with van der Waals surface area (Å²) in [4.78, 5) is 11.7. The maximum Gasteiger partial charge on any atom is 0.227 e. The van der Waals surface area contributed by atoms with Gasteiger partial charge in [0.25, 0.3) is 0 Å². The van der Waals surface area contributed by atoms with Crippen molar-refractivity contribution in [1.29, 1.82) is 0 Å². The molecule has 88 valence electrons. The molecule has 0 aliphatic carbocycles. The fourth-order valence-electron chi connectivity index (χ4n) is 1.23. The second-order valence-electron chi connectivity index (χ2n) is 4.20. The van der Waals surface area contributed by atoms with Crippen LogP contribution in [0.5, 0.6) is 0 Å². The molecular weight excluding hydrogens is 317 g/mol. The molecular formula is C12H16INO2. The molecule has 16 heavy (non-hydrogen) atoms. The van der Waals surface area contributed by atoms with Crippen molar-refractivity contribution in [1.82, 2.24) is 0 Å². The van der Waals surface area contributed by atoms with Crippen LogP contribution in [0.25, 0.3) is 0 Å². The van der Waals surface area contributed by atoms with Crippen LogP contribution in [0.2, 0.25) is 0 Å². The molecule has 0 bridgehead atoms. The molecule has 1 rings (SSSR count). The number of methoxy groups -OCH3 is 1. The minimum absolute atomic E-state index is 0.0335. The first-order valence-corrected chi connectivity index (χ1v) is 6.11. The van der Waals surface area contributed by atoms with E-state index in [0.717, 1.165) is 9.26 Å².